The van der Waals surface area contributed by atoms with Crippen molar-refractivity contribution in [3.8, 4) is 0 Å². The Kier molecular flexibility index (Phi) is 3.78. The average molecular weight is 305 g/mol. The number of piperidine rings is 1. The standard InChI is InChI=1S/C16H19NO5/c1-21-14(19)16-9-12(16)13(18)7-8-17(16)15(20)22-10-11-5-3-2-4-6-11/h2-6,12-13,18H,7-10H2,1H3/t12-,13-,16-/m1/s1. The topological polar surface area (TPSA) is 76.1 Å². The largest absolute Gasteiger partial charge is 0.467 e. The molecule has 1 saturated carbocycles. The fourth-order valence-corrected chi connectivity index (χ4v) is 3.28. The molecule has 22 heavy (non-hydrogen) atoms. The quantitative estimate of drug-likeness (QED) is 0.852. The minimum atomic E-state index is -1.04. The Morgan fingerprint density at radius 3 is 2.77 bits per heavy atom. The first-order valence-electron chi connectivity index (χ1n) is 7.34. The summed E-state index contributed by atoms with van der Waals surface area (Å²) >= 11 is 0. The van der Waals surface area contributed by atoms with E-state index in [2.05, 4.69) is 0 Å². The van der Waals surface area contributed by atoms with Crippen LogP contribution in [0.2, 0.25) is 0 Å². The lowest BCUT2D eigenvalue weighted by atomic mass is 10.00. The van der Waals surface area contributed by atoms with Crippen molar-refractivity contribution in [2.24, 2.45) is 5.92 Å². The van der Waals surface area contributed by atoms with Crippen LogP contribution in [0.25, 0.3) is 0 Å². The van der Waals surface area contributed by atoms with Gasteiger partial charge in [-0.25, -0.2) is 9.59 Å². The van der Waals surface area contributed by atoms with E-state index < -0.39 is 23.7 Å². The number of benzene rings is 1. The SMILES string of the molecule is COC(=O)[C@@]12C[C@@H]1[C@H](O)CCN2C(=O)OCc1ccccc1. The van der Waals surface area contributed by atoms with Crippen molar-refractivity contribution in [2.45, 2.75) is 31.1 Å². The van der Waals surface area contributed by atoms with Crippen molar-refractivity contribution in [2.75, 3.05) is 13.7 Å². The van der Waals surface area contributed by atoms with Crippen molar-refractivity contribution in [3.05, 3.63) is 35.9 Å². The third-order valence-electron chi connectivity index (χ3n) is 4.54. The van der Waals surface area contributed by atoms with Crippen molar-refractivity contribution in [1.82, 2.24) is 4.90 Å². The number of aliphatic hydroxyl groups is 1. The number of aliphatic hydroxyl groups excluding tert-OH is 1. The molecule has 2 fully saturated rings. The molecule has 1 N–H and O–H groups in total. The van der Waals surface area contributed by atoms with Gasteiger partial charge in [0.15, 0.2) is 0 Å². The number of nitrogens with zero attached hydrogens (tertiary/aromatic N) is 1. The molecule has 0 bridgehead atoms. The molecule has 0 aromatic heterocycles. The Labute approximate surface area is 128 Å². The Bertz CT molecular complexity index is 575. The molecule has 1 aromatic carbocycles. The number of methoxy groups -OCH3 is 1. The van der Waals surface area contributed by atoms with Gasteiger partial charge in [-0.3, -0.25) is 4.90 Å². The lowest BCUT2D eigenvalue weighted by Gasteiger charge is -2.35. The van der Waals surface area contributed by atoms with E-state index in [1.807, 2.05) is 30.3 Å². The van der Waals surface area contributed by atoms with Crippen LogP contribution in [0.4, 0.5) is 4.79 Å². The van der Waals surface area contributed by atoms with Crippen molar-refractivity contribution in [3.63, 3.8) is 0 Å². The summed E-state index contributed by atoms with van der Waals surface area (Å²) in [6.45, 7) is 0.445. The highest BCUT2D eigenvalue weighted by atomic mass is 16.6. The van der Waals surface area contributed by atoms with Gasteiger partial charge in [-0.05, 0) is 18.4 Å². The lowest BCUT2D eigenvalue weighted by Crippen LogP contribution is -2.54. The Balaban J connectivity index is 1.70. The normalized spacial score (nSPS) is 29.5. The molecule has 6 nitrogen and oxygen atoms in total. The van der Waals surface area contributed by atoms with E-state index in [1.165, 1.54) is 12.0 Å². The number of rotatable bonds is 3. The molecule has 1 aromatic rings. The zero-order valence-corrected chi connectivity index (χ0v) is 12.4. The summed E-state index contributed by atoms with van der Waals surface area (Å²) in [7, 11) is 1.29. The number of esters is 1. The first-order valence-corrected chi connectivity index (χ1v) is 7.34. The molecule has 1 amide bonds. The van der Waals surface area contributed by atoms with E-state index in [0.717, 1.165) is 5.56 Å². The Hall–Kier alpha value is -2.08. The second kappa shape index (κ2) is 5.61. The summed E-state index contributed by atoms with van der Waals surface area (Å²) in [5, 5.41) is 9.95. The first kappa shape index (κ1) is 14.8. The molecule has 118 valence electrons. The average Bonchev–Trinajstić information content (AvgIpc) is 3.31. The lowest BCUT2D eigenvalue weighted by molar-refractivity contribution is -0.151. The van der Waals surface area contributed by atoms with Gasteiger partial charge in [0.05, 0.1) is 13.2 Å². The van der Waals surface area contributed by atoms with Gasteiger partial charge in [-0.15, -0.1) is 0 Å². The number of hydrogen-bond acceptors (Lipinski definition) is 5. The first-order chi connectivity index (χ1) is 10.6. The number of likely N-dealkylation sites (tertiary alicyclic amines) is 1. The maximum absolute atomic E-state index is 12.4. The van der Waals surface area contributed by atoms with Crippen LogP contribution in [-0.2, 0) is 20.9 Å². The maximum Gasteiger partial charge on any atom is 0.411 e. The van der Waals surface area contributed by atoms with Crippen LogP contribution in [0.1, 0.15) is 18.4 Å². The molecule has 1 aliphatic heterocycles. The molecule has 0 radical (unpaired) electrons. The summed E-state index contributed by atoms with van der Waals surface area (Å²) in [5.74, 6) is -0.731. The van der Waals surface area contributed by atoms with Gasteiger partial charge in [-0.2, -0.15) is 0 Å². The van der Waals surface area contributed by atoms with Gasteiger partial charge in [0.1, 0.15) is 12.1 Å². The molecular formula is C16H19NO5. The van der Waals surface area contributed by atoms with E-state index in [-0.39, 0.29) is 12.5 Å². The zero-order valence-electron chi connectivity index (χ0n) is 12.4. The maximum atomic E-state index is 12.4. The third-order valence-corrected chi connectivity index (χ3v) is 4.54. The van der Waals surface area contributed by atoms with Crippen LogP contribution in [-0.4, -0.2) is 47.4 Å². The van der Waals surface area contributed by atoms with Gasteiger partial charge in [0.2, 0.25) is 0 Å². The molecule has 6 heteroatoms. The molecule has 0 spiro atoms. The van der Waals surface area contributed by atoms with Gasteiger partial charge in [0.25, 0.3) is 0 Å². The molecule has 1 aliphatic carbocycles. The summed E-state index contributed by atoms with van der Waals surface area (Å²) in [6.07, 6.45) is -0.230. The second-order valence-corrected chi connectivity index (χ2v) is 5.77. The van der Waals surface area contributed by atoms with Gasteiger partial charge in [-0.1, -0.05) is 30.3 Å². The van der Waals surface area contributed by atoms with Crippen LogP contribution >= 0.6 is 0 Å². The number of ether oxygens (including phenoxy) is 2. The fourth-order valence-electron chi connectivity index (χ4n) is 3.28. The predicted octanol–water partition coefficient (Wildman–Crippen LogP) is 1.32. The van der Waals surface area contributed by atoms with E-state index >= 15 is 0 Å². The van der Waals surface area contributed by atoms with E-state index in [9.17, 15) is 14.7 Å². The van der Waals surface area contributed by atoms with E-state index in [1.54, 1.807) is 0 Å². The molecule has 1 heterocycles. The highest BCUT2D eigenvalue weighted by Crippen LogP contribution is 2.55. The summed E-state index contributed by atoms with van der Waals surface area (Å²) in [4.78, 5) is 25.9. The summed E-state index contributed by atoms with van der Waals surface area (Å²) in [6, 6.07) is 9.35. The van der Waals surface area contributed by atoms with Gasteiger partial charge < -0.3 is 14.6 Å². The number of fused-ring (bicyclic) bond motifs is 1. The van der Waals surface area contributed by atoms with Gasteiger partial charge >= 0.3 is 12.1 Å². The van der Waals surface area contributed by atoms with E-state index in [4.69, 9.17) is 9.47 Å². The van der Waals surface area contributed by atoms with Crippen molar-refractivity contribution in [1.29, 1.82) is 0 Å². The summed E-state index contributed by atoms with van der Waals surface area (Å²) < 4.78 is 10.1. The van der Waals surface area contributed by atoms with Gasteiger partial charge in [0, 0.05) is 12.5 Å². The van der Waals surface area contributed by atoms with Crippen LogP contribution in [0.5, 0.6) is 0 Å². The van der Waals surface area contributed by atoms with Crippen LogP contribution < -0.4 is 0 Å². The highest BCUT2D eigenvalue weighted by molar-refractivity contribution is 5.90. The molecule has 0 unspecified atom stereocenters. The van der Waals surface area contributed by atoms with Crippen molar-refractivity contribution >= 4 is 12.1 Å². The Morgan fingerprint density at radius 1 is 1.36 bits per heavy atom. The number of hydrogen-bond donors (Lipinski definition) is 1. The number of amides is 1. The minimum absolute atomic E-state index is 0.153. The minimum Gasteiger partial charge on any atom is -0.467 e. The van der Waals surface area contributed by atoms with Crippen molar-refractivity contribution < 1.29 is 24.2 Å². The fraction of sp³-hybridized carbons (Fsp3) is 0.500. The highest BCUT2D eigenvalue weighted by Gasteiger charge is 2.70. The second-order valence-electron chi connectivity index (χ2n) is 5.77. The third kappa shape index (κ3) is 2.33. The van der Waals surface area contributed by atoms with Crippen LogP contribution in [0.3, 0.4) is 0 Å². The molecule has 3 rings (SSSR count). The number of carbonyl (C=O) groups is 2. The smallest absolute Gasteiger partial charge is 0.411 e. The predicted molar refractivity (Wildman–Crippen MR) is 76.8 cm³/mol. The molecule has 2 aliphatic rings. The molecular weight excluding hydrogens is 286 g/mol. The van der Waals surface area contributed by atoms with E-state index in [0.29, 0.717) is 19.4 Å². The molecule has 3 atom stereocenters. The molecule has 1 saturated heterocycles. The monoisotopic (exact) mass is 305 g/mol. The van der Waals surface area contributed by atoms with Crippen LogP contribution in [0.15, 0.2) is 30.3 Å². The Morgan fingerprint density at radius 2 is 2.09 bits per heavy atom. The van der Waals surface area contributed by atoms with Crippen LogP contribution in [0, 0.1) is 5.92 Å². The zero-order chi connectivity index (χ0) is 15.7. The number of carbonyl (C=O) groups excluding carboxylic acids is 2. The summed E-state index contributed by atoms with van der Waals surface area (Å²) in [5.41, 5.74) is -0.160.